The van der Waals surface area contributed by atoms with Crippen LogP contribution in [0.25, 0.3) is 0 Å². The molecule has 0 radical (unpaired) electrons. The summed E-state index contributed by atoms with van der Waals surface area (Å²) >= 11 is 3.60. The van der Waals surface area contributed by atoms with Gasteiger partial charge in [-0.15, -0.1) is 0 Å². The van der Waals surface area contributed by atoms with Crippen molar-refractivity contribution >= 4 is 35.1 Å². The van der Waals surface area contributed by atoms with Gasteiger partial charge in [0.05, 0.1) is 5.69 Å². The number of rotatable bonds is 1. The van der Waals surface area contributed by atoms with Crippen LogP contribution in [0.15, 0.2) is 18.2 Å². The molecular weight excluding hydrogens is 228 g/mol. The van der Waals surface area contributed by atoms with Crippen molar-refractivity contribution in [1.82, 2.24) is 0 Å². The molecule has 2 N–H and O–H groups in total. The van der Waals surface area contributed by atoms with Gasteiger partial charge in [-0.05, 0) is 25.1 Å². The molecule has 1 heterocycles. The highest BCUT2D eigenvalue weighted by Crippen LogP contribution is 2.32. The van der Waals surface area contributed by atoms with Crippen LogP contribution in [0.2, 0.25) is 0 Å². The molecule has 1 aromatic rings. The zero-order valence-electron chi connectivity index (χ0n) is 8.48. The van der Waals surface area contributed by atoms with Crippen LogP contribution in [0.4, 0.5) is 16.2 Å². The summed E-state index contributed by atoms with van der Waals surface area (Å²) in [5, 5.41) is 4.72. The molecule has 2 rings (SSSR count). The van der Waals surface area contributed by atoms with E-state index in [4.69, 9.17) is 4.74 Å². The minimum absolute atomic E-state index is 0.207. The van der Waals surface area contributed by atoms with Crippen LogP contribution >= 0.6 is 12.6 Å². The number of benzene rings is 1. The Morgan fingerprint density at radius 3 is 3.00 bits per heavy atom. The lowest BCUT2D eigenvalue weighted by atomic mass is 10.2. The Hall–Kier alpha value is -1.69. The van der Waals surface area contributed by atoms with Crippen LogP contribution < -0.4 is 15.4 Å². The molecule has 0 bridgehead atoms. The molecule has 1 unspecified atom stereocenters. The van der Waals surface area contributed by atoms with Crippen molar-refractivity contribution in [2.75, 3.05) is 10.6 Å². The summed E-state index contributed by atoms with van der Waals surface area (Å²) in [5.41, 5.74) is 1.10. The van der Waals surface area contributed by atoms with Gasteiger partial charge in [0.1, 0.15) is 5.75 Å². The van der Waals surface area contributed by atoms with Gasteiger partial charge in [0.25, 0.3) is 11.1 Å². The number of anilines is 2. The molecule has 0 saturated carbocycles. The highest BCUT2D eigenvalue weighted by molar-refractivity contribution is 7.96. The standard InChI is InChI=1S/C10H10N2O3S/c1-5-9(13)12-7-4-6(11-10(14)16)2-3-8(7)15-5/h2-5H,1H3,(H,12,13)(H2,11,14,16). The van der Waals surface area contributed by atoms with Crippen molar-refractivity contribution in [3.05, 3.63) is 18.2 Å². The zero-order chi connectivity index (χ0) is 11.7. The summed E-state index contributed by atoms with van der Waals surface area (Å²) in [6, 6.07) is 4.98. The number of nitrogens with one attached hydrogen (secondary N) is 2. The first-order valence-corrected chi connectivity index (χ1v) is 5.12. The number of thiol groups is 1. The van der Waals surface area contributed by atoms with Gasteiger partial charge in [-0.1, -0.05) is 12.6 Å². The quantitative estimate of drug-likeness (QED) is 0.654. The first-order chi connectivity index (χ1) is 7.56. The minimum Gasteiger partial charge on any atom is -0.479 e. The lowest BCUT2D eigenvalue weighted by Crippen LogP contribution is -2.34. The molecule has 1 aromatic carbocycles. The Bertz CT molecular complexity index is 461. The fourth-order valence-electron chi connectivity index (χ4n) is 1.41. The van der Waals surface area contributed by atoms with Gasteiger partial charge in [0.2, 0.25) is 0 Å². The Labute approximate surface area is 97.6 Å². The van der Waals surface area contributed by atoms with Crippen molar-refractivity contribution in [3.8, 4) is 5.75 Å². The number of amides is 2. The summed E-state index contributed by atoms with van der Waals surface area (Å²) in [6.45, 7) is 1.67. The maximum atomic E-state index is 11.4. The monoisotopic (exact) mass is 238 g/mol. The third-order valence-electron chi connectivity index (χ3n) is 2.16. The van der Waals surface area contributed by atoms with Gasteiger partial charge in [0, 0.05) is 5.69 Å². The second-order valence-corrected chi connectivity index (χ2v) is 3.80. The van der Waals surface area contributed by atoms with Crippen LogP contribution in [0.1, 0.15) is 6.92 Å². The maximum absolute atomic E-state index is 11.4. The van der Waals surface area contributed by atoms with E-state index in [0.717, 1.165) is 0 Å². The van der Waals surface area contributed by atoms with Crippen molar-refractivity contribution < 1.29 is 14.3 Å². The molecule has 5 nitrogen and oxygen atoms in total. The molecule has 0 spiro atoms. The number of carbonyl (C=O) groups excluding carboxylic acids is 2. The summed E-state index contributed by atoms with van der Waals surface area (Å²) in [7, 11) is 0. The van der Waals surface area contributed by atoms with E-state index in [2.05, 4.69) is 23.3 Å². The third-order valence-corrected chi connectivity index (χ3v) is 2.27. The second kappa shape index (κ2) is 4.05. The summed E-state index contributed by atoms with van der Waals surface area (Å²) in [4.78, 5) is 22.1. The normalized spacial score (nSPS) is 18.1. The molecular formula is C10H10N2O3S. The van der Waals surface area contributed by atoms with Crippen molar-refractivity contribution in [3.63, 3.8) is 0 Å². The van der Waals surface area contributed by atoms with Crippen LogP contribution in [-0.4, -0.2) is 17.3 Å². The van der Waals surface area contributed by atoms with E-state index in [0.29, 0.717) is 17.1 Å². The van der Waals surface area contributed by atoms with Gasteiger partial charge >= 0.3 is 0 Å². The number of hydrogen-bond donors (Lipinski definition) is 3. The minimum atomic E-state index is -0.502. The lowest BCUT2D eigenvalue weighted by Gasteiger charge is -2.23. The number of fused-ring (bicyclic) bond motifs is 1. The largest absolute Gasteiger partial charge is 0.479 e. The number of carbonyl (C=O) groups is 2. The van der Waals surface area contributed by atoms with E-state index >= 15 is 0 Å². The topological polar surface area (TPSA) is 67.4 Å². The highest BCUT2D eigenvalue weighted by atomic mass is 32.1. The molecule has 0 saturated heterocycles. The Morgan fingerprint density at radius 2 is 2.31 bits per heavy atom. The molecule has 6 heteroatoms. The molecule has 0 aliphatic carbocycles. The van der Waals surface area contributed by atoms with Gasteiger partial charge in [-0.2, -0.15) is 0 Å². The summed E-state index contributed by atoms with van der Waals surface area (Å²) < 4.78 is 5.36. The van der Waals surface area contributed by atoms with E-state index in [9.17, 15) is 9.59 Å². The molecule has 0 fully saturated rings. The number of hydrogen-bond acceptors (Lipinski definition) is 3. The summed E-state index contributed by atoms with van der Waals surface area (Å²) in [6.07, 6.45) is -0.502. The first-order valence-electron chi connectivity index (χ1n) is 4.68. The fourth-order valence-corrected chi connectivity index (χ4v) is 1.54. The Balaban J connectivity index is 2.29. The van der Waals surface area contributed by atoms with E-state index in [-0.39, 0.29) is 5.91 Å². The molecule has 84 valence electrons. The molecule has 0 aromatic heterocycles. The third kappa shape index (κ3) is 2.11. The summed E-state index contributed by atoms with van der Waals surface area (Å²) in [5.74, 6) is 0.381. The Morgan fingerprint density at radius 1 is 1.56 bits per heavy atom. The predicted octanol–water partition coefficient (Wildman–Crippen LogP) is 1.87. The van der Waals surface area contributed by atoms with E-state index in [1.54, 1.807) is 25.1 Å². The maximum Gasteiger partial charge on any atom is 0.280 e. The van der Waals surface area contributed by atoms with Crippen molar-refractivity contribution in [2.45, 2.75) is 13.0 Å². The van der Waals surface area contributed by atoms with E-state index in [1.807, 2.05) is 0 Å². The SMILES string of the molecule is CC1Oc2ccc(NC(=O)S)cc2NC1=O. The average molecular weight is 238 g/mol. The molecule has 1 aliphatic heterocycles. The first kappa shape index (κ1) is 10.8. The average Bonchev–Trinajstić information content (AvgIpc) is 2.19. The van der Waals surface area contributed by atoms with Crippen molar-refractivity contribution in [1.29, 1.82) is 0 Å². The number of ether oxygens (including phenoxy) is 1. The van der Waals surface area contributed by atoms with E-state index < -0.39 is 11.3 Å². The lowest BCUT2D eigenvalue weighted by molar-refractivity contribution is -0.122. The van der Waals surface area contributed by atoms with Crippen LogP contribution in [-0.2, 0) is 4.79 Å². The van der Waals surface area contributed by atoms with Gasteiger partial charge < -0.3 is 15.4 Å². The zero-order valence-corrected chi connectivity index (χ0v) is 9.38. The molecule has 2 amide bonds. The smallest absolute Gasteiger partial charge is 0.280 e. The van der Waals surface area contributed by atoms with Crippen LogP contribution in [0.5, 0.6) is 5.75 Å². The van der Waals surface area contributed by atoms with Crippen LogP contribution in [0.3, 0.4) is 0 Å². The molecule has 1 aliphatic rings. The predicted molar refractivity (Wildman–Crippen MR) is 63.2 cm³/mol. The van der Waals surface area contributed by atoms with E-state index in [1.165, 1.54) is 0 Å². The van der Waals surface area contributed by atoms with Crippen molar-refractivity contribution in [2.24, 2.45) is 0 Å². The fraction of sp³-hybridized carbons (Fsp3) is 0.200. The van der Waals surface area contributed by atoms with Gasteiger partial charge in [0.15, 0.2) is 6.10 Å². The Kier molecular flexibility index (Phi) is 2.74. The van der Waals surface area contributed by atoms with Crippen LogP contribution in [0, 0.1) is 0 Å². The molecule has 1 atom stereocenters. The second-order valence-electron chi connectivity index (χ2n) is 3.39. The molecule has 16 heavy (non-hydrogen) atoms. The highest BCUT2D eigenvalue weighted by Gasteiger charge is 2.23. The van der Waals surface area contributed by atoms with Gasteiger partial charge in [-0.25, -0.2) is 0 Å². The van der Waals surface area contributed by atoms with Gasteiger partial charge in [-0.3, -0.25) is 9.59 Å².